The van der Waals surface area contributed by atoms with Crippen LogP contribution >= 0.6 is 0 Å². The Labute approximate surface area is 94.1 Å². The molecule has 84 valence electrons. The molecule has 0 aliphatic heterocycles. The second-order valence-electron chi connectivity index (χ2n) is 3.78. The van der Waals surface area contributed by atoms with Crippen molar-refractivity contribution >= 4 is 0 Å². The summed E-state index contributed by atoms with van der Waals surface area (Å²) in [5.74, 6) is 0.524. The first kappa shape index (κ1) is 10.5. The van der Waals surface area contributed by atoms with Crippen molar-refractivity contribution in [2.45, 2.75) is 19.9 Å². The first-order valence-electron chi connectivity index (χ1n) is 5.17. The molecule has 4 heteroatoms. The fourth-order valence-corrected chi connectivity index (χ4v) is 1.41. The summed E-state index contributed by atoms with van der Waals surface area (Å²) in [4.78, 5) is 4.10. The monoisotopic (exact) mass is 218 g/mol. The number of nitrogens with zero attached hydrogens (tertiary/aromatic N) is 2. The zero-order valence-electron chi connectivity index (χ0n) is 9.29. The molecule has 0 radical (unpaired) electrons. The van der Waals surface area contributed by atoms with Crippen LogP contribution in [0.3, 0.4) is 0 Å². The van der Waals surface area contributed by atoms with E-state index in [1.54, 1.807) is 30.5 Å². The molecule has 1 heterocycles. The lowest BCUT2D eigenvalue weighted by atomic mass is 10.3. The average molecular weight is 218 g/mol. The van der Waals surface area contributed by atoms with Gasteiger partial charge in [-0.1, -0.05) is 12.1 Å². The summed E-state index contributed by atoms with van der Waals surface area (Å²) in [6, 6.07) is 7.58. The second kappa shape index (κ2) is 4.26. The van der Waals surface area contributed by atoms with Crippen LogP contribution in [-0.2, 0) is 0 Å². The fraction of sp³-hybridized carbons (Fsp3) is 0.250. The highest BCUT2D eigenvalue weighted by Gasteiger charge is 2.09. The SMILES string of the molecule is CC(C)n1ccnc1Oc1ccccc1O. The van der Waals surface area contributed by atoms with Gasteiger partial charge in [-0.2, -0.15) is 0 Å². The molecule has 2 rings (SSSR count). The summed E-state index contributed by atoms with van der Waals surface area (Å²) in [5, 5.41) is 9.58. The predicted octanol–water partition coefficient (Wildman–Crippen LogP) is 2.96. The van der Waals surface area contributed by atoms with Gasteiger partial charge in [-0.15, -0.1) is 0 Å². The van der Waals surface area contributed by atoms with E-state index in [0.29, 0.717) is 11.8 Å². The molecule has 0 fully saturated rings. The summed E-state index contributed by atoms with van der Waals surface area (Å²) >= 11 is 0. The lowest BCUT2D eigenvalue weighted by Crippen LogP contribution is -2.02. The van der Waals surface area contributed by atoms with Crippen LogP contribution in [0.2, 0.25) is 0 Å². The molecule has 2 aromatic rings. The molecule has 1 N–H and O–H groups in total. The third-order valence-electron chi connectivity index (χ3n) is 2.26. The highest BCUT2D eigenvalue weighted by molar-refractivity contribution is 5.39. The van der Waals surface area contributed by atoms with Crippen molar-refractivity contribution in [3.05, 3.63) is 36.7 Å². The van der Waals surface area contributed by atoms with Gasteiger partial charge in [0.05, 0.1) is 0 Å². The van der Waals surface area contributed by atoms with Gasteiger partial charge in [-0.25, -0.2) is 4.98 Å². The van der Waals surface area contributed by atoms with Gasteiger partial charge < -0.3 is 9.84 Å². The summed E-state index contributed by atoms with van der Waals surface area (Å²) in [5.41, 5.74) is 0. The number of para-hydroxylation sites is 2. The van der Waals surface area contributed by atoms with Gasteiger partial charge in [0, 0.05) is 18.4 Å². The molecule has 0 saturated heterocycles. The zero-order chi connectivity index (χ0) is 11.5. The van der Waals surface area contributed by atoms with Gasteiger partial charge in [0.25, 0.3) is 0 Å². The minimum atomic E-state index is 0.112. The molecular formula is C12H14N2O2. The third-order valence-corrected chi connectivity index (χ3v) is 2.26. The first-order chi connectivity index (χ1) is 7.68. The van der Waals surface area contributed by atoms with E-state index in [2.05, 4.69) is 4.98 Å². The van der Waals surface area contributed by atoms with E-state index < -0.39 is 0 Å². The quantitative estimate of drug-likeness (QED) is 0.861. The minimum absolute atomic E-state index is 0.112. The summed E-state index contributed by atoms with van der Waals surface area (Å²) in [7, 11) is 0. The molecule has 1 aromatic carbocycles. The highest BCUT2D eigenvalue weighted by Crippen LogP contribution is 2.29. The van der Waals surface area contributed by atoms with Crippen molar-refractivity contribution in [1.29, 1.82) is 0 Å². The van der Waals surface area contributed by atoms with E-state index >= 15 is 0 Å². The van der Waals surface area contributed by atoms with Crippen LogP contribution in [0.25, 0.3) is 0 Å². The molecule has 0 bridgehead atoms. The first-order valence-corrected chi connectivity index (χ1v) is 5.17. The summed E-state index contributed by atoms with van der Waals surface area (Å²) < 4.78 is 7.44. The molecule has 16 heavy (non-hydrogen) atoms. The van der Waals surface area contributed by atoms with Crippen LogP contribution in [0.5, 0.6) is 17.5 Å². The Morgan fingerprint density at radius 1 is 1.31 bits per heavy atom. The van der Waals surface area contributed by atoms with Gasteiger partial charge in [0.1, 0.15) is 0 Å². The highest BCUT2D eigenvalue weighted by atomic mass is 16.5. The predicted molar refractivity (Wildman–Crippen MR) is 60.8 cm³/mol. The number of ether oxygens (including phenoxy) is 1. The molecule has 0 unspecified atom stereocenters. The Morgan fingerprint density at radius 3 is 2.75 bits per heavy atom. The molecular weight excluding hydrogens is 204 g/mol. The molecule has 0 spiro atoms. The Balaban J connectivity index is 2.27. The Kier molecular flexibility index (Phi) is 2.81. The Morgan fingerprint density at radius 2 is 2.06 bits per heavy atom. The maximum Gasteiger partial charge on any atom is 0.302 e. The normalized spacial score (nSPS) is 10.7. The molecule has 1 aromatic heterocycles. The summed E-state index contributed by atoms with van der Waals surface area (Å²) in [6.45, 7) is 4.08. The number of phenolic OH excluding ortho intramolecular Hbond substituents is 1. The second-order valence-corrected chi connectivity index (χ2v) is 3.78. The van der Waals surface area contributed by atoms with Crippen molar-refractivity contribution in [2.24, 2.45) is 0 Å². The zero-order valence-corrected chi connectivity index (χ0v) is 9.29. The van der Waals surface area contributed by atoms with Gasteiger partial charge in [0.15, 0.2) is 11.5 Å². The number of rotatable bonds is 3. The van der Waals surface area contributed by atoms with Gasteiger partial charge in [-0.3, -0.25) is 4.57 Å². The van der Waals surface area contributed by atoms with Crippen LogP contribution in [-0.4, -0.2) is 14.7 Å². The maximum atomic E-state index is 9.58. The Hall–Kier alpha value is -1.97. The molecule has 0 amide bonds. The minimum Gasteiger partial charge on any atom is -0.504 e. The van der Waals surface area contributed by atoms with E-state index in [0.717, 1.165) is 0 Å². The molecule has 4 nitrogen and oxygen atoms in total. The van der Waals surface area contributed by atoms with Crippen LogP contribution in [0.1, 0.15) is 19.9 Å². The van der Waals surface area contributed by atoms with Crippen molar-refractivity contribution in [3.8, 4) is 17.5 Å². The topological polar surface area (TPSA) is 47.3 Å². The lowest BCUT2D eigenvalue weighted by Gasteiger charge is -2.12. The largest absolute Gasteiger partial charge is 0.504 e. The van der Waals surface area contributed by atoms with Gasteiger partial charge in [0.2, 0.25) is 0 Å². The smallest absolute Gasteiger partial charge is 0.302 e. The maximum absolute atomic E-state index is 9.58. The van der Waals surface area contributed by atoms with Crippen molar-refractivity contribution in [3.63, 3.8) is 0 Å². The van der Waals surface area contributed by atoms with E-state index in [4.69, 9.17) is 4.74 Å². The van der Waals surface area contributed by atoms with Crippen LogP contribution < -0.4 is 4.74 Å². The number of hydrogen-bond acceptors (Lipinski definition) is 3. The number of aromatic nitrogens is 2. The van der Waals surface area contributed by atoms with Crippen LogP contribution in [0, 0.1) is 0 Å². The number of aromatic hydroxyl groups is 1. The van der Waals surface area contributed by atoms with Crippen molar-refractivity contribution < 1.29 is 9.84 Å². The van der Waals surface area contributed by atoms with Crippen molar-refractivity contribution in [2.75, 3.05) is 0 Å². The average Bonchev–Trinajstić information content (AvgIpc) is 2.69. The lowest BCUT2D eigenvalue weighted by molar-refractivity contribution is 0.367. The van der Waals surface area contributed by atoms with E-state index in [1.165, 1.54) is 0 Å². The van der Waals surface area contributed by atoms with Crippen LogP contribution in [0.15, 0.2) is 36.7 Å². The number of hydrogen-bond donors (Lipinski definition) is 1. The van der Waals surface area contributed by atoms with Gasteiger partial charge in [-0.05, 0) is 26.0 Å². The fourth-order valence-electron chi connectivity index (χ4n) is 1.41. The number of imidazole rings is 1. The Bertz CT molecular complexity index is 477. The van der Waals surface area contributed by atoms with Crippen LogP contribution in [0.4, 0.5) is 0 Å². The van der Waals surface area contributed by atoms with E-state index in [1.807, 2.05) is 24.6 Å². The van der Waals surface area contributed by atoms with E-state index in [9.17, 15) is 5.11 Å². The molecule has 0 atom stereocenters. The van der Waals surface area contributed by atoms with E-state index in [-0.39, 0.29) is 11.8 Å². The molecule has 0 saturated carbocycles. The number of benzene rings is 1. The molecule has 0 aliphatic rings. The summed E-state index contributed by atoms with van der Waals surface area (Å²) in [6.07, 6.45) is 3.52. The number of phenols is 1. The van der Waals surface area contributed by atoms with Gasteiger partial charge >= 0.3 is 6.01 Å². The standard InChI is InChI=1S/C12H14N2O2/c1-9(2)14-8-7-13-12(14)16-11-6-4-3-5-10(11)15/h3-9,15H,1-2H3. The molecule has 0 aliphatic carbocycles. The van der Waals surface area contributed by atoms with Crippen molar-refractivity contribution in [1.82, 2.24) is 9.55 Å². The third kappa shape index (κ3) is 2.00.